The normalized spacial score (nSPS) is 10.9. The van der Waals surface area contributed by atoms with Gasteiger partial charge in [0.2, 0.25) is 0 Å². The number of benzene rings is 1. The topological polar surface area (TPSA) is 0 Å². The van der Waals surface area contributed by atoms with Crippen LogP contribution in [0.3, 0.4) is 0 Å². The highest BCUT2D eigenvalue weighted by Crippen LogP contribution is 2.38. The van der Waals surface area contributed by atoms with Crippen LogP contribution in [0.4, 0.5) is 0 Å². The van der Waals surface area contributed by atoms with Gasteiger partial charge in [-0.2, -0.15) is 0 Å². The Labute approximate surface area is 102 Å². The average Bonchev–Trinajstić information content (AvgIpc) is 2.04. The van der Waals surface area contributed by atoms with Crippen LogP contribution < -0.4 is 0 Å². The second-order valence-electron chi connectivity index (χ2n) is 2.37. The van der Waals surface area contributed by atoms with E-state index in [1.807, 2.05) is 0 Å². The molecular formula is C8H5Cl5. The van der Waals surface area contributed by atoms with E-state index in [9.17, 15) is 0 Å². The highest BCUT2D eigenvalue weighted by molar-refractivity contribution is 6.47. The van der Waals surface area contributed by atoms with Crippen LogP contribution in [0.1, 0.15) is 16.0 Å². The molecule has 1 aromatic carbocycles. The molecule has 0 saturated carbocycles. The predicted molar refractivity (Wildman–Crippen MR) is 60.5 cm³/mol. The summed E-state index contributed by atoms with van der Waals surface area (Å²) >= 11 is 28.9. The lowest BCUT2D eigenvalue weighted by Crippen LogP contribution is -1.90. The summed E-state index contributed by atoms with van der Waals surface area (Å²) in [5.74, 6) is 0.309. The van der Waals surface area contributed by atoms with Gasteiger partial charge in [0.1, 0.15) is 4.84 Å². The zero-order valence-electron chi connectivity index (χ0n) is 6.33. The van der Waals surface area contributed by atoms with Gasteiger partial charge >= 0.3 is 0 Å². The quantitative estimate of drug-likeness (QED) is 0.652. The average molecular weight is 278 g/mol. The first kappa shape index (κ1) is 11.7. The van der Waals surface area contributed by atoms with Gasteiger partial charge in [-0.15, -0.1) is 11.6 Å². The SMILES string of the molecule is ClCc1ccc(Cl)c(C(Cl)Cl)c1Cl. The monoisotopic (exact) mass is 276 g/mol. The third-order valence-electron chi connectivity index (χ3n) is 1.57. The van der Waals surface area contributed by atoms with E-state index in [1.165, 1.54) is 0 Å². The maximum atomic E-state index is 5.97. The Kier molecular flexibility index (Phi) is 4.47. The van der Waals surface area contributed by atoms with E-state index in [2.05, 4.69) is 0 Å². The number of hydrogen-bond acceptors (Lipinski definition) is 0. The van der Waals surface area contributed by atoms with Crippen LogP contribution in [0, 0.1) is 0 Å². The van der Waals surface area contributed by atoms with E-state index in [-0.39, 0.29) is 0 Å². The lowest BCUT2D eigenvalue weighted by molar-refractivity contribution is 1.29. The van der Waals surface area contributed by atoms with Gasteiger partial charge in [0.25, 0.3) is 0 Å². The van der Waals surface area contributed by atoms with Crippen LogP contribution in [0.5, 0.6) is 0 Å². The molecule has 1 aromatic rings. The van der Waals surface area contributed by atoms with E-state index in [0.717, 1.165) is 5.56 Å². The largest absolute Gasteiger partial charge is 0.135 e. The van der Waals surface area contributed by atoms with Gasteiger partial charge in [0, 0.05) is 16.5 Å². The van der Waals surface area contributed by atoms with Gasteiger partial charge in [-0.25, -0.2) is 0 Å². The highest BCUT2D eigenvalue weighted by atomic mass is 35.5. The van der Waals surface area contributed by atoms with Gasteiger partial charge < -0.3 is 0 Å². The van der Waals surface area contributed by atoms with Gasteiger partial charge in [-0.3, -0.25) is 0 Å². The van der Waals surface area contributed by atoms with E-state index in [0.29, 0.717) is 21.5 Å². The summed E-state index contributed by atoms with van der Waals surface area (Å²) < 4.78 is 0. The fourth-order valence-corrected chi connectivity index (χ4v) is 2.54. The molecule has 0 aliphatic carbocycles. The lowest BCUT2D eigenvalue weighted by Gasteiger charge is -2.10. The Balaban J connectivity index is 3.30. The molecule has 0 N–H and O–H groups in total. The molecule has 0 nitrogen and oxygen atoms in total. The van der Waals surface area contributed by atoms with Crippen molar-refractivity contribution in [2.45, 2.75) is 10.7 Å². The van der Waals surface area contributed by atoms with E-state index >= 15 is 0 Å². The minimum Gasteiger partial charge on any atom is -0.121 e. The molecule has 0 spiro atoms. The zero-order valence-corrected chi connectivity index (χ0v) is 10.1. The summed E-state index contributed by atoms with van der Waals surface area (Å²) in [5.41, 5.74) is 1.29. The Hall–Kier alpha value is 0.670. The fraction of sp³-hybridized carbons (Fsp3) is 0.250. The second-order valence-corrected chi connectivity index (χ2v) is 4.52. The summed E-state index contributed by atoms with van der Waals surface area (Å²) in [4.78, 5) is -0.733. The molecule has 0 aromatic heterocycles. The summed E-state index contributed by atoms with van der Waals surface area (Å²) in [5, 5.41) is 0.895. The summed E-state index contributed by atoms with van der Waals surface area (Å²) in [6.45, 7) is 0. The van der Waals surface area contributed by atoms with Gasteiger partial charge in [-0.1, -0.05) is 52.5 Å². The maximum Gasteiger partial charge on any atom is 0.135 e. The maximum absolute atomic E-state index is 5.97. The highest BCUT2D eigenvalue weighted by Gasteiger charge is 2.15. The first-order valence-electron chi connectivity index (χ1n) is 3.38. The van der Waals surface area contributed by atoms with Crippen molar-refractivity contribution in [3.05, 3.63) is 33.3 Å². The first-order valence-corrected chi connectivity index (χ1v) is 5.55. The van der Waals surface area contributed by atoms with E-state index < -0.39 is 4.84 Å². The first-order chi connectivity index (χ1) is 6.07. The molecule has 0 aliphatic rings. The minimum atomic E-state index is -0.733. The van der Waals surface area contributed by atoms with Crippen molar-refractivity contribution in [2.75, 3.05) is 0 Å². The molecule has 1 rings (SSSR count). The standard InChI is InChI=1S/C8H5Cl5/c9-3-4-1-2-5(10)6(7(4)11)8(12)13/h1-2,8H,3H2. The Morgan fingerprint density at radius 3 is 2.23 bits per heavy atom. The fourth-order valence-electron chi connectivity index (χ4n) is 0.918. The Morgan fingerprint density at radius 1 is 1.15 bits per heavy atom. The van der Waals surface area contributed by atoms with Gasteiger partial charge in [-0.05, 0) is 11.6 Å². The van der Waals surface area contributed by atoms with Crippen molar-refractivity contribution in [1.82, 2.24) is 0 Å². The molecule has 13 heavy (non-hydrogen) atoms. The van der Waals surface area contributed by atoms with E-state index in [4.69, 9.17) is 58.0 Å². The van der Waals surface area contributed by atoms with Crippen LogP contribution in [-0.4, -0.2) is 0 Å². The van der Waals surface area contributed by atoms with Gasteiger partial charge in [0.05, 0.1) is 5.02 Å². The predicted octanol–water partition coefficient (Wildman–Crippen LogP) is 5.21. The number of halogens is 5. The number of alkyl halides is 3. The summed E-state index contributed by atoms with van der Waals surface area (Å²) in [6, 6.07) is 3.43. The third-order valence-corrected chi connectivity index (χ3v) is 3.07. The van der Waals surface area contributed by atoms with Crippen LogP contribution in [0.2, 0.25) is 10.0 Å². The van der Waals surface area contributed by atoms with Crippen molar-refractivity contribution >= 4 is 58.0 Å². The minimum absolute atomic E-state index is 0.309. The molecular weight excluding hydrogens is 273 g/mol. The molecule has 0 saturated heterocycles. The van der Waals surface area contributed by atoms with Crippen LogP contribution in [0.15, 0.2) is 12.1 Å². The number of rotatable bonds is 2. The lowest BCUT2D eigenvalue weighted by atomic mass is 10.1. The second kappa shape index (κ2) is 4.95. The van der Waals surface area contributed by atoms with Crippen molar-refractivity contribution < 1.29 is 0 Å². The molecule has 0 fully saturated rings. The molecule has 0 amide bonds. The Morgan fingerprint density at radius 2 is 1.77 bits per heavy atom. The molecule has 0 unspecified atom stereocenters. The zero-order chi connectivity index (χ0) is 10.0. The van der Waals surface area contributed by atoms with Crippen molar-refractivity contribution in [3.63, 3.8) is 0 Å². The summed E-state index contributed by atoms with van der Waals surface area (Å²) in [7, 11) is 0. The van der Waals surface area contributed by atoms with Crippen molar-refractivity contribution in [1.29, 1.82) is 0 Å². The van der Waals surface area contributed by atoms with Crippen molar-refractivity contribution in [2.24, 2.45) is 0 Å². The van der Waals surface area contributed by atoms with E-state index in [1.54, 1.807) is 12.1 Å². The van der Waals surface area contributed by atoms with Crippen LogP contribution >= 0.6 is 58.0 Å². The molecule has 0 heterocycles. The number of hydrogen-bond donors (Lipinski definition) is 0. The molecule has 0 bridgehead atoms. The summed E-state index contributed by atoms with van der Waals surface area (Å²) in [6.07, 6.45) is 0. The van der Waals surface area contributed by atoms with Crippen molar-refractivity contribution in [3.8, 4) is 0 Å². The van der Waals surface area contributed by atoms with Crippen LogP contribution in [0.25, 0.3) is 0 Å². The van der Waals surface area contributed by atoms with Crippen LogP contribution in [-0.2, 0) is 5.88 Å². The smallest absolute Gasteiger partial charge is 0.121 e. The van der Waals surface area contributed by atoms with Gasteiger partial charge in [0.15, 0.2) is 0 Å². The third kappa shape index (κ3) is 2.57. The molecule has 72 valence electrons. The molecule has 0 aliphatic heterocycles. The molecule has 0 atom stereocenters. The Bertz CT molecular complexity index is 308. The molecule has 5 heteroatoms. The molecule has 0 radical (unpaired) electrons.